The van der Waals surface area contributed by atoms with Crippen LogP contribution >= 0.6 is 0 Å². The van der Waals surface area contributed by atoms with Gasteiger partial charge in [0.15, 0.2) is 0 Å². The monoisotopic (exact) mass is 334 g/mol. The van der Waals surface area contributed by atoms with Crippen molar-refractivity contribution >= 4 is 11.9 Å². The molecule has 128 valence electrons. The number of benzene rings is 1. The first-order chi connectivity index (χ1) is 12.2. The van der Waals surface area contributed by atoms with E-state index in [0.717, 1.165) is 16.7 Å². The van der Waals surface area contributed by atoms with Crippen LogP contribution in [0.5, 0.6) is 0 Å². The van der Waals surface area contributed by atoms with Crippen LogP contribution in [0.1, 0.15) is 49.3 Å². The van der Waals surface area contributed by atoms with Crippen molar-refractivity contribution in [3.63, 3.8) is 0 Å². The Hall–Kier alpha value is -2.87. The molecule has 1 saturated carbocycles. The molecule has 5 heteroatoms. The van der Waals surface area contributed by atoms with Crippen LogP contribution in [0.15, 0.2) is 36.7 Å². The summed E-state index contributed by atoms with van der Waals surface area (Å²) in [5, 5.41) is 6.09. The van der Waals surface area contributed by atoms with Crippen molar-refractivity contribution in [2.45, 2.75) is 38.6 Å². The third kappa shape index (κ3) is 4.80. The third-order valence-electron chi connectivity index (χ3n) is 4.07. The molecule has 1 amide bonds. The van der Waals surface area contributed by atoms with E-state index in [9.17, 15) is 4.79 Å². The molecule has 0 saturated heterocycles. The molecule has 1 unspecified atom stereocenters. The highest BCUT2D eigenvalue weighted by Crippen LogP contribution is 2.22. The zero-order valence-electron chi connectivity index (χ0n) is 14.5. The molecule has 1 aliphatic rings. The van der Waals surface area contributed by atoms with Crippen LogP contribution in [0.25, 0.3) is 0 Å². The Morgan fingerprint density at radius 2 is 1.80 bits per heavy atom. The van der Waals surface area contributed by atoms with Gasteiger partial charge < -0.3 is 10.6 Å². The summed E-state index contributed by atoms with van der Waals surface area (Å²) < 4.78 is 0. The summed E-state index contributed by atoms with van der Waals surface area (Å²) in [7, 11) is 0. The lowest BCUT2D eigenvalue weighted by Crippen LogP contribution is -2.27. The van der Waals surface area contributed by atoms with Crippen molar-refractivity contribution in [1.82, 2.24) is 15.3 Å². The van der Waals surface area contributed by atoms with E-state index in [1.54, 1.807) is 12.4 Å². The molecule has 25 heavy (non-hydrogen) atoms. The molecule has 0 spiro atoms. The minimum Gasteiger partial charge on any atom is -0.356 e. The number of hydrogen-bond acceptors (Lipinski definition) is 4. The summed E-state index contributed by atoms with van der Waals surface area (Å²) in [5.74, 6) is 6.71. The van der Waals surface area contributed by atoms with Gasteiger partial charge in [-0.1, -0.05) is 24.0 Å². The van der Waals surface area contributed by atoms with Crippen molar-refractivity contribution < 1.29 is 4.79 Å². The minimum atomic E-state index is -0.165. The number of hydrogen-bond donors (Lipinski definition) is 2. The zero-order chi connectivity index (χ0) is 17.6. The lowest BCUT2D eigenvalue weighted by molar-refractivity contribution is -0.122. The van der Waals surface area contributed by atoms with Crippen LogP contribution in [0.3, 0.4) is 0 Å². The summed E-state index contributed by atoms with van der Waals surface area (Å²) in [6, 6.07) is 8.30. The van der Waals surface area contributed by atoms with E-state index in [2.05, 4.69) is 32.4 Å². The normalized spacial score (nSPS) is 14.2. The Morgan fingerprint density at radius 1 is 1.16 bits per heavy atom. The predicted molar refractivity (Wildman–Crippen MR) is 98.2 cm³/mol. The van der Waals surface area contributed by atoms with Crippen LogP contribution in [0.2, 0.25) is 0 Å². The number of carbonyl (C=O) groups is 1. The number of rotatable bonds is 5. The predicted octanol–water partition coefficient (Wildman–Crippen LogP) is 2.69. The van der Waals surface area contributed by atoms with Gasteiger partial charge in [-0.15, -0.1) is 0 Å². The second-order valence-corrected chi connectivity index (χ2v) is 6.20. The van der Waals surface area contributed by atoms with Gasteiger partial charge in [0.05, 0.1) is 11.5 Å². The molecule has 1 aromatic heterocycles. The van der Waals surface area contributed by atoms with Crippen molar-refractivity contribution in [1.29, 1.82) is 0 Å². The number of anilines is 1. The summed E-state index contributed by atoms with van der Waals surface area (Å²) in [5.41, 5.74) is 2.66. The fraction of sp³-hybridized carbons (Fsp3) is 0.350. The first-order valence-electron chi connectivity index (χ1n) is 8.64. The average Bonchev–Trinajstić information content (AvgIpc) is 3.45. The first-order valence-corrected chi connectivity index (χ1v) is 8.64. The Balaban J connectivity index is 1.63. The molecule has 2 aromatic rings. The Kier molecular flexibility index (Phi) is 5.30. The first kappa shape index (κ1) is 17.0. The van der Waals surface area contributed by atoms with E-state index in [4.69, 9.17) is 0 Å². The lowest BCUT2D eigenvalue weighted by Gasteiger charge is -2.11. The molecule has 1 aliphatic carbocycles. The Labute approximate surface area is 148 Å². The van der Waals surface area contributed by atoms with Crippen molar-refractivity contribution in [2.24, 2.45) is 0 Å². The van der Waals surface area contributed by atoms with Crippen LogP contribution < -0.4 is 10.6 Å². The van der Waals surface area contributed by atoms with Crippen molar-refractivity contribution in [2.75, 3.05) is 11.9 Å². The van der Waals surface area contributed by atoms with Crippen molar-refractivity contribution in [3.05, 3.63) is 53.3 Å². The van der Waals surface area contributed by atoms with Gasteiger partial charge in [-0.2, -0.15) is 0 Å². The highest BCUT2D eigenvalue weighted by atomic mass is 16.1. The number of nitrogens with zero attached hydrogens (tertiary/aromatic N) is 2. The minimum absolute atomic E-state index is 0.0402. The maximum Gasteiger partial charge on any atom is 0.227 e. The van der Waals surface area contributed by atoms with Gasteiger partial charge in [0.1, 0.15) is 0 Å². The van der Waals surface area contributed by atoms with Gasteiger partial charge in [0, 0.05) is 30.5 Å². The van der Waals surface area contributed by atoms with E-state index in [1.807, 2.05) is 38.1 Å². The van der Waals surface area contributed by atoms with E-state index in [1.165, 1.54) is 12.8 Å². The van der Waals surface area contributed by atoms with E-state index in [-0.39, 0.29) is 11.8 Å². The van der Waals surface area contributed by atoms with E-state index < -0.39 is 0 Å². The average molecular weight is 334 g/mol. The zero-order valence-corrected chi connectivity index (χ0v) is 14.5. The van der Waals surface area contributed by atoms with E-state index >= 15 is 0 Å². The fourth-order valence-corrected chi connectivity index (χ4v) is 2.36. The number of aromatic nitrogens is 2. The molecule has 1 fully saturated rings. The van der Waals surface area contributed by atoms with E-state index in [0.29, 0.717) is 18.5 Å². The third-order valence-corrected chi connectivity index (χ3v) is 4.07. The summed E-state index contributed by atoms with van der Waals surface area (Å²) in [4.78, 5) is 20.4. The van der Waals surface area contributed by atoms with Gasteiger partial charge in [0.2, 0.25) is 11.9 Å². The number of amides is 1. The smallest absolute Gasteiger partial charge is 0.227 e. The molecular weight excluding hydrogens is 312 g/mol. The maximum absolute atomic E-state index is 11.9. The fourth-order valence-electron chi connectivity index (χ4n) is 2.36. The molecule has 1 atom stereocenters. The van der Waals surface area contributed by atoms with Gasteiger partial charge in [0.25, 0.3) is 0 Å². The number of carbonyl (C=O) groups excluding carboxylic acids is 1. The topological polar surface area (TPSA) is 66.9 Å². The number of nitrogens with one attached hydrogen (secondary N) is 2. The molecular formula is C20H22N4O. The molecule has 0 bridgehead atoms. The molecule has 1 aromatic carbocycles. The van der Waals surface area contributed by atoms with Crippen LogP contribution in [-0.4, -0.2) is 28.5 Å². The standard InChI is InChI=1S/C20H22N4O/c1-3-21-19(25)14(2)17-8-6-15(7-9-17)4-5-16-12-22-20(23-13-16)24-18-10-11-18/h6-9,12-14,18H,3,10-11H2,1-2H3,(H,21,25)(H,22,23,24). The van der Waals surface area contributed by atoms with Gasteiger partial charge in [-0.05, 0) is 44.4 Å². The highest BCUT2D eigenvalue weighted by molar-refractivity contribution is 5.83. The number of likely N-dealkylation sites (N-methyl/N-ethyl adjacent to an activating group) is 1. The van der Waals surface area contributed by atoms with Gasteiger partial charge >= 0.3 is 0 Å². The Bertz CT molecular complexity index is 783. The highest BCUT2D eigenvalue weighted by Gasteiger charge is 2.21. The van der Waals surface area contributed by atoms with Crippen LogP contribution in [0.4, 0.5) is 5.95 Å². The lowest BCUT2D eigenvalue weighted by atomic mass is 9.99. The molecule has 5 nitrogen and oxygen atoms in total. The second-order valence-electron chi connectivity index (χ2n) is 6.20. The Morgan fingerprint density at radius 3 is 2.40 bits per heavy atom. The van der Waals surface area contributed by atoms with Crippen molar-refractivity contribution in [3.8, 4) is 11.8 Å². The quantitative estimate of drug-likeness (QED) is 0.825. The second kappa shape index (κ2) is 7.80. The summed E-state index contributed by atoms with van der Waals surface area (Å²) >= 11 is 0. The molecule has 1 heterocycles. The molecule has 2 N–H and O–H groups in total. The largest absolute Gasteiger partial charge is 0.356 e. The summed E-state index contributed by atoms with van der Waals surface area (Å²) in [6.45, 7) is 4.46. The van der Waals surface area contributed by atoms with Crippen LogP contribution in [-0.2, 0) is 4.79 Å². The molecule has 0 aliphatic heterocycles. The maximum atomic E-state index is 11.9. The molecule has 0 radical (unpaired) electrons. The molecule has 3 rings (SSSR count). The van der Waals surface area contributed by atoms with Crippen LogP contribution in [0, 0.1) is 11.8 Å². The summed E-state index contributed by atoms with van der Waals surface area (Å²) in [6.07, 6.45) is 5.85. The van der Waals surface area contributed by atoms with Gasteiger partial charge in [-0.3, -0.25) is 4.79 Å². The SMILES string of the molecule is CCNC(=O)C(C)c1ccc(C#Cc2cnc(NC3CC3)nc2)cc1. The van der Waals surface area contributed by atoms with Gasteiger partial charge in [-0.25, -0.2) is 9.97 Å².